The second-order valence-corrected chi connectivity index (χ2v) is 3.89. The van der Waals surface area contributed by atoms with E-state index in [1.807, 2.05) is 12.1 Å². The highest BCUT2D eigenvalue weighted by atomic mass is 35.5. The van der Waals surface area contributed by atoms with Gasteiger partial charge >= 0.3 is 0 Å². The number of aryl methyl sites for hydroxylation is 1. The normalized spacial score (nSPS) is 19.9. The van der Waals surface area contributed by atoms with Gasteiger partial charge in [-0.1, -0.05) is 17.7 Å². The van der Waals surface area contributed by atoms with Crippen LogP contribution in [-0.2, 0) is 11.3 Å². The van der Waals surface area contributed by atoms with Gasteiger partial charge in [-0.3, -0.25) is 0 Å². The minimum Gasteiger partial charge on any atom is -0.388 e. The van der Waals surface area contributed by atoms with Gasteiger partial charge in [0.15, 0.2) is 6.10 Å². The summed E-state index contributed by atoms with van der Waals surface area (Å²) in [5.74, 6) is 0. The SMILES string of the molecule is C=NOC1CCCc2ccc(Cl)cc21. The van der Waals surface area contributed by atoms with E-state index in [2.05, 4.69) is 17.9 Å². The molecule has 0 aliphatic heterocycles. The third kappa shape index (κ3) is 1.75. The Morgan fingerprint density at radius 2 is 2.36 bits per heavy atom. The summed E-state index contributed by atoms with van der Waals surface area (Å²) in [4.78, 5) is 5.22. The van der Waals surface area contributed by atoms with Crippen LogP contribution in [-0.4, -0.2) is 6.72 Å². The maximum absolute atomic E-state index is 5.94. The van der Waals surface area contributed by atoms with Gasteiger partial charge in [-0.05, 0) is 42.5 Å². The molecule has 14 heavy (non-hydrogen) atoms. The van der Waals surface area contributed by atoms with Crippen LogP contribution in [0.1, 0.15) is 30.1 Å². The lowest BCUT2D eigenvalue weighted by Crippen LogP contribution is -2.10. The second kappa shape index (κ2) is 4.01. The highest BCUT2D eigenvalue weighted by molar-refractivity contribution is 6.30. The number of benzene rings is 1. The molecule has 0 heterocycles. The minimum atomic E-state index is 0.0370. The molecule has 2 rings (SSSR count). The smallest absolute Gasteiger partial charge is 0.152 e. The van der Waals surface area contributed by atoms with Gasteiger partial charge in [0.2, 0.25) is 0 Å². The van der Waals surface area contributed by atoms with Crippen molar-refractivity contribution in [2.24, 2.45) is 5.16 Å². The molecule has 0 radical (unpaired) electrons. The van der Waals surface area contributed by atoms with Crippen LogP contribution in [0.25, 0.3) is 0 Å². The molecule has 0 aromatic heterocycles. The number of hydrogen-bond acceptors (Lipinski definition) is 2. The standard InChI is InChI=1S/C11H12ClNO/c1-13-14-11-4-2-3-8-5-6-9(12)7-10(8)11/h5-7,11H,1-4H2. The summed E-state index contributed by atoms with van der Waals surface area (Å²) < 4.78 is 0. The van der Waals surface area contributed by atoms with Crippen LogP contribution < -0.4 is 0 Å². The Labute approximate surface area is 88.5 Å². The number of rotatable bonds is 2. The van der Waals surface area contributed by atoms with Crippen molar-refractivity contribution in [2.45, 2.75) is 25.4 Å². The summed E-state index contributed by atoms with van der Waals surface area (Å²) in [6.07, 6.45) is 3.26. The first-order valence-electron chi connectivity index (χ1n) is 4.71. The van der Waals surface area contributed by atoms with Crippen molar-refractivity contribution >= 4 is 18.3 Å². The summed E-state index contributed by atoms with van der Waals surface area (Å²) in [5, 5.41) is 4.25. The monoisotopic (exact) mass is 209 g/mol. The number of hydrogen-bond donors (Lipinski definition) is 0. The summed E-state index contributed by atoms with van der Waals surface area (Å²) in [5.41, 5.74) is 2.48. The fourth-order valence-corrected chi connectivity index (χ4v) is 2.11. The summed E-state index contributed by atoms with van der Waals surface area (Å²) in [7, 11) is 0. The molecule has 74 valence electrons. The quantitative estimate of drug-likeness (QED) is 0.541. The van der Waals surface area contributed by atoms with Crippen molar-refractivity contribution in [1.82, 2.24) is 0 Å². The Balaban J connectivity index is 2.36. The fraction of sp³-hybridized carbons (Fsp3) is 0.364. The highest BCUT2D eigenvalue weighted by Gasteiger charge is 2.21. The van der Waals surface area contributed by atoms with Crippen molar-refractivity contribution in [3.8, 4) is 0 Å². The van der Waals surface area contributed by atoms with E-state index < -0.39 is 0 Å². The summed E-state index contributed by atoms with van der Waals surface area (Å²) in [6.45, 7) is 3.34. The molecule has 1 aliphatic rings. The molecule has 0 saturated heterocycles. The van der Waals surface area contributed by atoms with Crippen LogP contribution in [0.3, 0.4) is 0 Å². The lowest BCUT2D eigenvalue weighted by atomic mass is 9.89. The van der Waals surface area contributed by atoms with Gasteiger partial charge in [0.25, 0.3) is 0 Å². The third-order valence-corrected chi connectivity index (χ3v) is 2.80. The van der Waals surface area contributed by atoms with E-state index in [9.17, 15) is 0 Å². The Kier molecular flexibility index (Phi) is 2.73. The van der Waals surface area contributed by atoms with Crippen molar-refractivity contribution in [1.29, 1.82) is 0 Å². The molecule has 1 unspecified atom stereocenters. The fourth-order valence-electron chi connectivity index (χ4n) is 1.93. The number of halogens is 1. The predicted octanol–water partition coefficient (Wildman–Crippen LogP) is 3.35. The first-order valence-corrected chi connectivity index (χ1v) is 5.09. The zero-order chi connectivity index (χ0) is 9.97. The molecule has 0 saturated carbocycles. The Morgan fingerprint density at radius 3 is 3.14 bits per heavy atom. The summed E-state index contributed by atoms with van der Waals surface area (Å²) in [6, 6.07) is 5.95. The van der Waals surface area contributed by atoms with Crippen molar-refractivity contribution in [2.75, 3.05) is 0 Å². The predicted molar refractivity (Wildman–Crippen MR) is 57.8 cm³/mol. The van der Waals surface area contributed by atoms with Gasteiger partial charge in [0, 0.05) is 11.7 Å². The minimum absolute atomic E-state index is 0.0370. The Bertz CT molecular complexity index is 351. The maximum atomic E-state index is 5.94. The molecule has 0 fully saturated rings. The van der Waals surface area contributed by atoms with E-state index >= 15 is 0 Å². The molecule has 0 N–H and O–H groups in total. The molecule has 0 amide bonds. The van der Waals surface area contributed by atoms with Crippen LogP contribution in [0, 0.1) is 0 Å². The van der Waals surface area contributed by atoms with Gasteiger partial charge in [-0.25, -0.2) is 0 Å². The van der Waals surface area contributed by atoms with E-state index in [1.165, 1.54) is 5.56 Å². The van der Waals surface area contributed by atoms with E-state index in [0.717, 1.165) is 29.8 Å². The molecular formula is C11H12ClNO. The Hall–Kier alpha value is -1.02. The van der Waals surface area contributed by atoms with Gasteiger partial charge in [0.05, 0.1) is 0 Å². The summed E-state index contributed by atoms with van der Waals surface area (Å²) >= 11 is 5.94. The van der Waals surface area contributed by atoms with Crippen LogP contribution in [0.2, 0.25) is 5.02 Å². The van der Waals surface area contributed by atoms with Crippen molar-refractivity contribution in [3.63, 3.8) is 0 Å². The van der Waals surface area contributed by atoms with Gasteiger partial charge < -0.3 is 4.84 Å². The molecular weight excluding hydrogens is 198 g/mol. The molecule has 1 aromatic rings. The Morgan fingerprint density at radius 1 is 1.50 bits per heavy atom. The maximum Gasteiger partial charge on any atom is 0.152 e. The van der Waals surface area contributed by atoms with Crippen molar-refractivity contribution in [3.05, 3.63) is 34.3 Å². The molecule has 2 nitrogen and oxygen atoms in total. The molecule has 0 spiro atoms. The van der Waals surface area contributed by atoms with Gasteiger partial charge in [-0.2, -0.15) is 0 Å². The largest absolute Gasteiger partial charge is 0.388 e. The first kappa shape index (κ1) is 9.53. The van der Waals surface area contributed by atoms with Crippen LogP contribution in [0.15, 0.2) is 23.4 Å². The van der Waals surface area contributed by atoms with E-state index in [0.29, 0.717) is 0 Å². The zero-order valence-electron chi connectivity index (χ0n) is 7.87. The average Bonchev–Trinajstić information content (AvgIpc) is 2.19. The van der Waals surface area contributed by atoms with E-state index in [1.54, 1.807) is 0 Å². The van der Waals surface area contributed by atoms with E-state index in [-0.39, 0.29) is 6.10 Å². The molecule has 1 atom stereocenters. The third-order valence-electron chi connectivity index (χ3n) is 2.57. The second-order valence-electron chi connectivity index (χ2n) is 3.46. The zero-order valence-corrected chi connectivity index (χ0v) is 8.63. The van der Waals surface area contributed by atoms with Crippen molar-refractivity contribution < 1.29 is 4.84 Å². The van der Waals surface area contributed by atoms with Crippen LogP contribution >= 0.6 is 11.6 Å². The first-order chi connectivity index (χ1) is 6.81. The van der Waals surface area contributed by atoms with Crippen LogP contribution in [0.5, 0.6) is 0 Å². The molecule has 0 bridgehead atoms. The lowest BCUT2D eigenvalue weighted by molar-refractivity contribution is 0.0479. The molecule has 3 heteroatoms. The number of nitrogens with zero attached hydrogens (tertiary/aromatic N) is 1. The molecule has 1 aliphatic carbocycles. The molecule has 1 aromatic carbocycles. The van der Waals surface area contributed by atoms with Crippen LogP contribution in [0.4, 0.5) is 0 Å². The number of oxime groups is 1. The van der Waals surface area contributed by atoms with Gasteiger partial charge in [-0.15, -0.1) is 5.16 Å². The lowest BCUT2D eigenvalue weighted by Gasteiger charge is -2.23. The van der Waals surface area contributed by atoms with E-state index in [4.69, 9.17) is 16.4 Å². The highest BCUT2D eigenvalue weighted by Crippen LogP contribution is 2.34. The number of fused-ring (bicyclic) bond motifs is 1. The topological polar surface area (TPSA) is 21.6 Å². The van der Waals surface area contributed by atoms with Gasteiger partial charge in [0.1, 0.15) is 0 Å². The average molecular weight is 210 g/mol.